The average molecular weight is 316 g/mol. The highest BCUT2D eigenvalue weighted by Crippen LogP contribution is 2.31. The fourth-order valence-electron chi connectivity index (χ4n) is 2.50. The first-order chi connectivity index (χ1) is 10.4. The SMILES string of the molecule is CSc1cc(C)c(N=NC2=CC=C(C(=O)O)C(C)C2)c(C)c1. The maximum absolute atomic E-state index is 11.0. The van der Waals surface area contributed by atoms with Gasteiger partial charge in [0.05, 0.1) is 11.4 Å². The molecule has 0 aromatic heterocycles. The van der Waals surface area contributed by atoms with Gasteiger partial charge in [0.25, 0.3) is 0 Å². The Morgan fingerprint density at radius 1 is 1.23 bits per heavy atom. The number of aliphatic carboxylic acids is 1. The summed E-state index contributed by atoms with van der Waals surface area (Å²) in [4.78, 5) is 12.3. The minimum atomic E-state index is -0.862. The van der Waals surface area contributed by atoms with Crippen LogP contribution in [0, 0.1) is 19.8 Å². The zero-order valence-corrected chi connectivity index (χ0v) is 14.1. The van der Waals surface area contributed by atoms with Crippen LogP contribution in [0.4, 0.5) is 5.69 Å². The lowest BCUT2D eigenvalue weighted by atomic mass is 9.92. The number of hydrogen-bond acceptors (Lipinski definition) is 4. The van der Waals surface area contributed by atoms with Crippen LogP contribution < -0.4 is 0 Å². The molecule has 0 fully saturated rings. The fraction of sp³-hybridized carbons (Fsp3) is 0.353. The number of rotatable bonds is 4. The molecule has 0 saturated carbocycles. The van der Waals surface area contributed by atoms with Gasteiger partial charge in [-0.15, -0.1) is 11.8 Å². The second-order valence-electron chi connectivity index (χ2n) is 5.50. The largest absolute Gasteiger partial charge is 0.478 e. The van der Waals surface area contributed by atoms with Gasteiger partial charge in [0.15, 0.2) is 0 Å². The summed E-state index contributed by atoms with van der Waals surface area (Å²) in [5, 5.41) is 17.8. The molecule has 116 valence electrons. The molecule has 1 atom stereocenters. The van der Waals surface area contributed by atoms with Crippen molar-refractivity contribution in [3.05, 3.63) is 46.7 Å². The molecule has 1 aliphatic carbocycles. The zero-order valence-electron chi connectivity index (χ0n) is 13.3. The molecule has 1 aromatic rings. The number of hydrogen-bond donors (Lipinski definition) is 1. The van der Waals surface area contributed by atoms with E-state index >= 15 is 0 Å². The third-order valence-corrected chi connectivity index (χ3v) is 4.43. The molecule has 1 aromatic carbocycles. The Kier molecular flexibility index (Phi) is 5.19. The van der Waals surface area contributed by atoms with Gasteiger partial charge >= 0.3 is 5.97 Å². The maximum atomic E-state index is 11.0. The summed E-state index contributed by atoms with van der Waals surface area (Å²) < 4.78 is 0. The van der Waals surface area contributed by atoms with Crippen LogP contribution in [-0.2, 0) is 4.79 Å². The van der Waals surface area contributed by atoms with E-state index in [-0.39, 0.29) is 5.92 Å². The van der Waals surface area contributed by atoms with Crippen molar-refractivity contribution in [3.63, 3.8) is 0 Å². The first kappa shape index (κ1) is 16.5. The zero-order chi connectivity index (χ0) is 16.3. The van der Waals surface area contributed by atoms with Gasteiger partial charge in [0.1, 0.15) is 0 Å². The van der Waals surface area contributed by atoms with E-state index in [1.807, 2.05) is 20.8 Å². The van der Waals surface area contributed by atoms with Crippen molar-refractivity contribution in [2.75, 3.05) is 6.26 Å². The Morgan fingerprint density at radius 3 is 2.36 bits per heavy atom. The van der Waals surface area contributed by atoms with Gasteiger partial charge in [-0.2, -0.15) is 10.2 Å². The first-order valence-electron chi connectivity index (χ1n) is 7.13. The molecule has 0 saturated heterocycles. The van der Waals surface area contributed by atoms with E-state index < -0.39 is 5.97 Å². The summed E-state index contributed by atoms with van der Waals surface area (Å²) >= 11 is 1.71. The van der Waals surface area contributed by atoms with Crippen LogP contribution in [0.3, 0.4) is 0 Å². The van der Waals surface area contributed by atoms with Crippen LogP contribution in [0.1, 0.15) is 24.5 Å². The Hall–Kier alpha value is -1.88. The van der Waals surface area contributed by atoms with E-state index in [1.54, 1.807) is 23.9 Å². The molecule has 0 heterocycles. The van der Waals surface area contributed by atoms with Crippen LogP contribution in [0.15, 0.2) is 50.7 Å². The summed E-state index contributed by atoms with van der Waals surface area (Å²) in [6.07, 6.45) is 6.02. The van der Waals surface area contributed by atoms with E-state index in [0.717, 1.165) is 22.5 Å². The quantitative estimate of drug-likeness (QED) is 0.625. The second kappa shape index (κ2) is 6.92. The number of carboxylic acids is 1. The van der Waals surface area contributed by atoms with Gasteiger partial charge in [-0.05, 0) is 67.9 Å². The van der Waals surface area contributed by atoms with Gasteiger partial charge in [-0.3, -0.25) is 0 Å². The summed E-state index contributed by atoms with van der Waals surface area (Å²) in [7, 11) is 0. The molecule has 0 spiro atoms. The highest BCUT2D eigenvalue weighted by molar-refractivity contribution is 7.98. The first-order valence-corrected chi connectivity index (χ1v) is 8.36. The third kappa shape index (κ3) is 3.65. The van der Waals surface area contributed by atoms with Crippen molar-refractivity contribution in [1.29, 1.82) is 0 Å². The monoisotopic (exact) mass is 316 g/mol. The Morgan fingerprint density at radius 2 is 1.86 bits per heavy atom. The van der Waals surface area contributed by atoms with Crippen molar-refractivity contribution < 1.29 is 9.90 Å². The molecule has 0 bridgehead atoms. The van der Waals surface area contributed by atoms with E-state index in [4.69, 9.17) is 5.11 Å². The Bertz CT molecular complexity index is 667. The molecule has 2 rings (SSSR count). The molecule has 0 aliphatic heterocycles. The molecule has 5 heteroatoms. The number of carboxylic acid groups (broad SMARTS) is 1. The molecule has 22 heavy (non-hydrogen) atoms. The minimum absolute atomic E-state index is 0.0440. The number of aryl methyl sites for hydroxylation is 2. The van der Waals surface area contributed by atoms with Crippen LogP contribution in [-0.4, -0.2) is 17.3 Å². The third-order valence-electron chi connectivity index (χ3n) is 3.73. The smallest absolute Gasteiger partial charge is 0.331 e. The Balaban J connectivity index is 2.25. The van der Waals surface area contributed by atoms with E-state index in [9.17, 15) is 4.79 Å². The lowest BCUT2D eigenvalue weighted by molar-refractivity contribution is -0.133. The number of carbonyl (C=O) groups is 1. The van der Waals surface area contributed by atoms with Gasteiger partial charge in [0.2, 0.25) is 0 Å². The number of benzene rings is 1. The van der Waals surface area contributed by atoms with Crippen LogP contribution >= 0.6 is 11.8 Å². The highest BCUT2D eigenvalue weighted by atomic mass is 32.2. The predicted molar refractivity (Wildman–Crippen MR) is 89.8 cm³/mol. The summed E-state index contributed by atoms with van der Waals surface area (Å²) in [5.41, 5.74) is 4.32. The number of azo groups is 1. The van der Waals surface area contributed by atoms with Crippen molar-refractivity contribution in [1.82, 2.24) is 0 Å². The lowest BCUT2D eigenvalue weighted by Gasteiger charge is -2.15. The van der Waals surface area contributed by atoms with Crippen molar-refractivity contribution in [3.8, 4) is 0 Å². The van der Waals surface area contributed by atoms with Gasteiger partial charge in [-0.25, -0.2) is 4.79 Å². The van der Waals surface area contributed by atoms with E-state index in [2.05, 4.69) is 28.6 Å². The molecule has 1 unspecified atom stereocenters. The van der Waals surface area contributed by atoms with Crippen molar-refractivity contribution in [2.24, 2.45) is 16.1 Å². The van der Waals surface area contributed by atoms with Gasteiger partial charge in [-0.1, -0.05) is 6.92 Å². The molecular weight excluding hydrogens is 296 g/mol. The molecule has 1 aliphatic rings. The van der Waals surface area contributed by atoms with Gasteiger partial charge in [0, 0.05) is 10.5 Å². The highest BCUT2D eigenvalue weighted by Gasteiger charge is 2.20. The standard InChI is InChI=1S/C17H20N2O2S/c1-10-7-13(5-6-15(10)17(20)21)18-19-16-11(2)8-14(22-4)9-12(16)3/h5-6,8-10H,7H2,1-4H3,(H,20,21). The predicted octanol–water partition coefficient (Wildman–Crippen LogP) is 5.04. The summed E-state index contributed by atoms with van der Waals surface area (Å²) in [6.45, 7) is 5.95. The number of allylic oxidation sites excluding steroid dienone is 3. The van der Waals surface area contributed by atoms with Crippen LogP contribution in [0.25, 0.3) is 0 Å². The molecule has 0 radical (unpaired) electrons. The fourth-order valence-corrected chi connectivity index (χ4v) is 3.09. The average Bonchev–Trinajstić information content (AvgIpc) is 2.45. The summed E-state index contributed by atoms with van der Waals surface area (Å²) in [5.74, 6) is -0.906. The van der Waals surface area contributed by atoms with Crippen LogP contribution in [0.2, 0.25) is 0 Å². The van der Waals surface area contributed by atoms with Crippen molar-refractivity contribution in [2.45, 2.75) is 32.1 Å². The molecular formula is C17H20N2O2S. The number of thioether (sulfide) groups is 1. The number of nitrogens with zero attached hydrogens (tertiary/aromatic N) is 2. The maximum Gasteiger partial charge on any atom is 0.331 e. The minimum Gasteiger partial charge on any atom is -0.478 e. The second-order valence-corrected chi connectivity index (χ2v) is 6.38. The molecule has 4 nitrogen and oxygen atoms in total. The topological polar surface area (TPSA) is 62.0 Å². The molecule has 1 N–H and O–H groups in total. The molecule has 0 amide bonds. The normalized spacial score (nSPS) is 18.3. The Labute approximate surface area is 135 Å². The van der Waals surface area contributed by atoms with E-state index in [1.165, 1.54) is 4.90 Å². The summed E-state index contributed by atoms with van der Waals surface area (Å²) in [6, 6.07) is 4.21. The van der Waals surface area contributed by atoms with Crippen molar-refractivity contribution >= 4 is 23.4 Å². The lowest BCUT2D eigenvalue weighted by Crippen LogP contribution is -2.12. The van der Waals surface area contributed by atoms with Gasteiger partial charge < -0.3 is 5.11 Å². The van der Waals surface area contributed by atoms with Crippen LogP contribution in [0.5, 0.6) is 0 Å². The van der Waals surface area contributed by atoms with E-state index in [0.29, 0.717) is 12.0 Å².